The predicted molar refractivity (Wildman–Crippen MR) is 94.2 cm³/mol. The van der Waals surface area contributed by atoms with Crippen LogP contribution in [0.1, 0.15) is 60.5 Å². The Morgan fingerprint density at radius 1 is 1.30 bits per heavy atom. The second kappa shape index (κ2) is 7.03. The van der Waals surface area contributed by atoms with Gasteiger partial charge in [-0.3, -0.25) is 0 Å². The summed E-state index contributed by atoms with van der Waals surface area (Å²) >= 11 is 0. The van der Waals surface area contributed by atoms with Gasteiger partial charge in [0.1, 0.15) is 6.10 Å². The van der Waals surface area contributed by atoms with Gasteiger partial charge in [0.05, 0.1) is 22.6 Å². The van der Waals surface area contributed by atoms with Crippen molar-refractivity contribution in [3.63, 3.8) is 0 Å². The van der Waals surface area contributed by atoms with E-state index in [2.05, 4.69) is 14.9 Å². The summed E-state index contributed by atoms with van der Waals surface area (Å²) in [5.74, 6) is 1.63. The van der Waals surface area contributed by atoms with Crippen molar-refractivity contribution in [1.82, 2.24) is 14.9 Å². The highest BCUT2D eigenvalue weighted by molar-refractivity contribution is 7.89. The molecule has 27 heavy (non-hydrogen) atoms. The molecule has 0 radical (unpaired) electrons. The Labute approximate surface area is 157 Å². The summed E-state index contributed by atoms with van der Waals surface area (Å²) in [6.45, 7) is 1.85. The normalized spacial score (nSPS) is 22.7. The van der Waals surface area contributed by atoms with E-state index in [-0.39, 0.29) is 23.6 Å². The van der Waals surface area contributed by atoms with Gasteiger partial charge in [-0.2, -0.15) is 10.2 Å². The number of aromatic nitrogens is 2. The number of nitrogens with one attached hydrogen (secondary N) is 1. The number of rotatable bonds is 6. The molecule has 2 aromatic rings. The van der Waals surface area contributed by atoms with Gasteiger partial charge >= 0.3 is 0 Å². The summed E-state index contributed by atoms with van der Waals surface area (Å²) in [5.41, 5.74) is 0.895. The Kier molecular flexibility index (Phi) is 4.72. The standard InChI is InChI=1S/C18H20N4O4S/c1-11-2-3-12(9-19)8-16(11)27(23,24)20-10-14-6-7-15(25-14)18-21-17(22-26-18)13-4-5-13/h2-3,8,13-15,20H,4-7,10H2,1H3/t14-,15+/m1/s1. The van der Waals surface area contributed by atoms with Gasteiger partial charge in [-0.05, 0) is 50.3 Å². The average molecular weight is 388 g/mol. The number of benzene rings is 1. The summed E-state index contributed by atoms with van der Waals surface area (Å²) in [7, 11) is -3.72. The van der Waals surface area contributed by atoms with Crippen LogP contribution < -0.4 is 4.72 Å². The van der Waals surface area contributed by atoms with Crippen LogP contribution in [0.25, 0.3) is 0 Å². The molecule has 142 valence electrons. The molecule has 2 fully saturated rings. The Bertz CT molecular complexity index is 991. The van der Waals surface area contributed by atoms with E-state index < -0.39 is 10.0 Å². The molecule has 0 unspecified atom stereocenters. The van der Waals surface area contributed by atoms with Crippen LogP contribution >= 0.6 is 0 Å². The molecule has 1 saturated heterocycles. The Morgan fingerprint density at radius 2 is 2.11 bits per heavy atom. The first-order chi connectivity index (χ1) is 13.0. The van der Waals surface area contributed by atoms with E-state index in [4.69, 9.17) is 14.5 Å². The number of ether oxygens (including phenoxy) is 1. The fraction of sp³-hybridized carbons (Fsp3) is 0.500. The molecule has 4 rings (SSSR count). The molecule has 1 aliphatic carbocycles. The maximum Gasteiger partial charge on any atom is 0.255 e. The third-order valence-corrected chi connectivity index (χ3v) is 6.46. The predicted octanol–water partition coefficient (Wildman–Crippen LogP) is 2.33. The fourth-order valence-electron chi connectivity index (χ4n) is 3.16. The zero-order valence-corrected chi connectivity index (χ0v) is 15.7. The van der Waals surface area contributed by atoms with Crippen molar-refractivity contribution in [3.05, 3.63) is 41.0 Å². The molecule has 1 N–H and O–H groups in total. The molecule has 0 spiro atoms. The second-order valence-electron chi connectivity index (χ2n) is 7.03. The van der Waals surface area contributed by atoms with Crippen LogP contribution in [-0.4, -0.2) is 31.2 Å². The smallest absolute Gasteiger partial charge is 0.255 e. The first kappa shape index (κ1) is 18.1. The molecular weight excluding hydrogens is 368 g/mol. The summed E-state index contributed by atoms with van der Waals surface area (Å²) in [5, 5.41) is 13.0. The first-order valence-corrected chi connectivity index (χ1v) is 10.4. The monoisotopic (exact) mass is 388 g/mol. The van der Waals surface area contributed by atoms with Gasteiger partial charge in [-0.25, -0.2) is 13.1 Å². The average Bonchev–Trinajstić information content (AvgIpc) is 3.19. The number of hydrogen-bond donors (Lipinski definition) is 1. The van der Waals surface area contributed by atoms with Crippen molar-refractivity contribution in [2.75, 3.05) is 6.54 Å². The van der Waals surface area contributed by atoms with Crippen LogP contribution in [0.2, 0.25) is 0 Å². The molecule has 1 aromatic carbocycles. The minimum Gasteiger partial charge on any atom is -0.364 e. The highest BCUT2D eigenvalue weighted by Gasteiger charge is 2.34. The largest absolute Gasteiger partial charge is 0.364 e. The minimum absolute atomic E-state index is 0.113. The van der Waals surface area contributed by atoms with Crippen LogP contribution in [0.15, 0.2) is 27.6 Å². The summed E-state index contributed by atoms with van der Waals surface area (Å²) in [4.78, 5) is 4.52. The zero-order chi connectivity index (χ0) is 19.0. The molecule has 2 atom stereocenters. The fourth-order valence-corrected chi connectivity index (χ4v) is 4.50. The maximum absolute atomic E-state index is 12.6. The van der Waals surface area contributed by atoms with Gasteiger partial charge < -0.3 is 9.26 Å². The van der Waals surface area contributed by atoms with Crippen LogP contribution in [-0.2, 0) is 14.8 Å². The van der Waals surface area contributed by atoms with Gasteiger partial charge in [0, 0.05) is 12.5 Å². The highest BCUT2D eigenvalue weighted by Crippen LogP contribution is 2.39. The number of sulfonamides is 1. The minimum atomic E-state index is -3.72. The molecule has 2 heterocycles. The number of nitriles is 1. The Balaban J connectivity index is 1.38. The Hall–Kier alpha value is -2.28. The first-order valence-electron chi connectivity index (χ1n) is 8.95. The van der Waals surface area contributed by atoms with Crippen molar-refractivity contribution >= 4 is 10.0 Å². The van der Waals surface area contributed by atoms with Crippen molar-refractivity contribution < 1.29 is 17.7 Å². The lowest BCUT2D eigenvalue weighted by Gasteiger charge is -2.14. The third-order valence-electron chi connectivity index (χ3n) is 4.89. The number of hydrogen-bond acceptors (Lipinski definition) is 7. The van der Waals surface area contributed by atoms with E-state index in [1.807, 2.05) is 6.07 Å². The van der Waals surface area contributed by atoms with Gasteiger partial charge in [0.2, 0.25) is 10.0 Å². The van der Waals surface area contributed by atoms with E-state index in [0.717, 1.165) is 18.7 Å². The van der Waals surface area contributed by atoms with Crippen LogP contribution in [0, 0.1) is 18.3 Å². The second-order valence-corrected chi connectivity index (χ2v) is 8.77. The Morgan fingerprint density at radius 3 is 2.85 bits per heavy atom. The van der Waals surface area contributed by atoms with Crippen LogP contribution in [0.4, 0.5) is 0 Å². The highest BCUT2D eigenvalue weighted by atomic mass is 32.2. The molecule has 1 aliphatic heterocycles. The number of nitrogens with zero attached hydrogens (tertiary/aromatic N) is 3. The van der Waals surface area contributed by atoms with Gasteiger partial charge in [0.25, 0.3) is 5.89 Å². The van der Waals surface area contributed by atoms with Crippen molar-refractivity contribution in [2.45, 2.75) is 55.6 Å². The van der Waals surface area contributed by atoms with Gasteiger partial charge in [-0.15, -0.1) is 0 Å². The van der Waals surface area contributed by atoms with Crippen molar-refractivity contribution in [1.29, 1.82) is 5.26 Å². The van der Waals surface area contributed by atoms with E-state index in [0.29, 0.717) is 35.8 Å². The summed E-state index contributed by atoms with van der Waals surface area (Å²) in [6.07, 6.45) is 3.05. The molecule has 1 aromatic heterocycles. The maximum atomic E-state index is 12.6. The van der Waals surface area contributed by atoms with E-state index >= 15 is 0 Å². The lowest BCUT2D eigenvalue weighted by atomic mass is 10.2. The lowest BCUT2D eigenvalue weighted by molar-refractivity contribution is 0.0290. The summed E-state index contributed by atoms with van der Waals surface area (Å²) in [6, 6.07) is 6.57. The molecular formula is C18H20N4O4S. The molecule has 8 nitrogen and oxygen atoms in total. The summed E-state index contributed by atoms with van der Waals surface area (Å²) < 4.78 is 39.0. The SMILES string of the molecule is Cc1ccc(C#N)cc1S(=O)(=O)NC[C@H]1CC[C@@H](c2nc(C3CC3)no2)O1. The third kappa shape index (κ3) is 3.88. The van der Waals surface area contributed by atoms with E-state index in [9.17, 15) is 8.42 Å². The van der Waals surface area contributed by atoms with Crippen LogP contribution in [0.5, 0.6) is 0 Å². The zero-order valence-electron chi connectivity index (χ0n) is 14.9. The van der Waals surface area contributed by atoms with Crippen LogP contribution in [0.3, 0.4) is 0 Å². The van der Waals surface area contributed by atoms with Crippen molar-refractivity contribution in [2.24, 2.45) is 0 Å². The van der Waals surface area contributed by atoms with Crippen molar-refractivity contribution in [3.8, 4) is 6.07 Å². The van der Waals surface area contributed by atoms with E-state index in [1.54, 1.807) is 19.1 Å². The lowest BCUT2D eigenvalue weighted by Crippen LogP contribution is -2.32. The molecule has 1 saturated carbocycles. The quantitative estimate of drug-likeness (QED) is 0.807. The van der Waals surface area contributed by atoms with E-state index in [1.165, 1.54) is 6.07 Å². The molecule has 0 amide bonds. The van der Waals surface area contributed by atoms with Gasteiger partial charge in [0.15, 0.2) is 5.82 Å². The number of aryl methyl sites for hydroxylation is 1. The molecule has 0 bridgehead atoms. The molecule has 9 heteroatoms. The molecule has 2 aliphatic rings. The topological polar surface area (TPSA) is 118 Å². The van der Waals surface area contributed by atoms with Gasteiger partial charge in [-0.1, -0.05) is 11.2 Å².